The van der Waals surface area contributed by atoms with Gasteiger partial charge in [0.1, 0.15) is 0 Å². The van der Waals surface area contributed by atoms with Crippen LogP contribution in [0.1, 0.15) is 42.6 Å². The lowest BCUT2D eigenvalue weighted by Gasteiger charge is -2.13. The summed E-state index contributed by atoms with van der Waals surface area (Å²) in [6.45, 7) is 5.16. The number of aromatic nitrogens is 4. The molecule has 0 saturated carbocycles. The highest BCUT2D eigenvalue weighted by molar-refractivity contribution is 5.96. The minimum absolute atomic E-state index is 0.165. The molecule has 0 atom stereocenters. The van der Waals surface area contributed by atoms with Crippen molar-refractivity contribution in [1.82, 2.24) is 19.4 Å². The van der Waals surface area contributed by atoms with Crippen molar-refractivity contribution in [2.45, 2.75) is 33.1 Å². The predicted molar refractivity (Wildman–Crippen MR) is 141 cm³/mol. The maximum atomic E-state index is 12.7. The minimum atomic E-state index is 0.165. The molecule has 0 radical (unpaired) electrons. The number of pyridine rings is 1. The fourth-order valence-corrected chi connectivity index (χ4v) is 4.28. The second-order valence-electron chi connectivity index (χ2n) is 9.24. The molecule has 0 amide bonds. The summed E-state index contributed by atoms with van der Waals surface area (Å²) in [5.74, 6) is 1.44. The number of nitrogens with one attached hydrogen (secondary N) is 1. The standard InChI is InChI=1S/C29H29N5O/c1-20(2)18-31-28-29-32-19-26(34(29)25-8-4-3-7-24(25)33-28)22-10-12-23(13-11-22)27(35)9-5-6-21-14-16-30-17-15-21/h3-4,7-8,10-17,19-20H,5-6,9,18H2,1-2H3,(H,31,33). The first-order valence-electron chi connectivity index (χ1n) is 12.1. The van der Waals surface area contributed by atoms with Crippen LogP contribution >= 0.6 is 0 Å². The first-order chi connectivity index (χ1) is 17.1. The highest BCUT2D eigenvalue weighted by Crippen LogP contribution is 2.29. The van der Waals surface area contributed by atoms with Crippen molar-refractivity contribution in [1.29, 1.82) is 0 Å². The Balaban J connectivity index is 1.40. The van der Waals surface area contributed by atoms with Crippen molar-refractivity contribution < 1.29 is 4.79 Å². The van der Waals surface area contributed by atoms with E-state index in [4.69, 9.17) is 9.97 Å². The Hall–Kier alpha value is -4.06. The largest absolute Gasteiger partial charge is 0.367 e. The van der Waals surface area contributed by atoms with Crippen LogP contribution in [0.3, 0.4) is 0 Å². The molecule has 5 rings (SSSR count). The van der Waals surface area contributed by atoms with Gasteiger partial charge in [-0.25, -0.2) is 9.97 Å². The van der Waals surface area contributed by atoms with E-state index in [1.54, 1.807) is 12.4 Å². The molecule has 0 unspecified atom stereocenters. The summed E-state index contributed by atoms with van der Waals surface area (Å²) in [5.41, 5.74) is 6.64. The molecule has 0 bridgehead atoms. The Morgan fingerprint density at radius 1 is 1.00 bits per heavy atom. The number of para-hydroxylation sites is 2. The number of nitrogens with zero attached hydrogens (tertiary/aromatic N) is 4. The lowest BCUT2D eigenvalue weighted by atomic mass is 10.0. The summed E-state index contributed by atoms with van der Waals surface area (Å²) in [6.07, 6.45) is 7.69. The zero-order valence-electron chi connectivity index (χ0n) is 20.1. The fraction of sp³-hybridized carbons (Fsp3) is 0.241. The number of carbonyl (C=O) groups is 1. The van der Waals surface area contributed by atoms with Crippen molar-refractivity contribution >= 4 is 28.3 Å². The second-order valence-corrected chi connectivity index (χ2v) is 9.24. The summed E-state index contributed by atoms with van der Waals surface area (Å²) >= 11 is 0. The number of hydrogen-bond acceptors (Lipinski definition) is 5. The van der Waals surface area contributed by atoms with Crippen molar-refractivity contribution in [2.24, 2.45) is 5.92 Å². The lowest BCUT2D eigenvalue weighted by molar-refractivity contribution is 0.0980. The molecular weight excluding hydrogens is 434 g/mol. The molecule has 5 aromatic rings. The number of anilines is 1. The normalized spacial score (nSPS) is 11.4. The average molecular weight is 464 g/mol. The molecule has 6 nitrogen and oxygen atoms in total. The number of hydrogen-bond donors (Lipinski definition) is 1. The van der Waals surface area contributed by atoms with Gasteiger partial charge in [0.25, 0.3) is 0 Å². The molecule has 0 aliphatic carbocycles. The number of benzene rings is 2. The third kappa shape index (κ3) is 4.92. The van der Waals surface area contributed by atoms with Gasteiger partial charge in [0.2, 0.25) is 0 Å². The average Bonchev–Trinajstić information content (AvgIpc) is 3.34. The van der Waals surface area contributed by atoms with E-state index in [2.05, 4.69) is 34.6 Å². The van der Waals surface area contributed by atoms with Crippen LogP contribution in [0.15, 0.2) is 79.3 Å². The van der Waals surface area contributed by atoms with E-state index >= 15 is 0 Å². The van der Waals surface area contributed by atoms with Gasteiger partial charge in [0.05, 0.1) is 22.9 Å². The number of ketones is 1. The monoisotopic (exact) mass is 463 g/mol. The minimum Gasteiger partial charge on any atom is -0.367 e. The van der Waals surface area contributed by atoms with E-state index in [-0.39, 0.29) is 5.78 Å². The van der Waals surface area contributed by atoms with Gasteiger partial charge >= 0.3 is 0 Å². The fourth-order valence-electron chi connectivity index (χ4n) is 4.28. The van der Waals surface area contributed by atoms with Gasteiger partial charge in [-0.2, -0.15) is 0 Å². The molecule has 6 heteroatoms. The van der Waals surface area contributed by atoms with Gasteiger partial charge in [-0.3, -0.25) is 14.2 Å². The van der Waals surface area contributed by atoms with Crippen molar-refractivity contribution in [3.63, 3.8) is 0 Å². The molecule has 3 aromatic heterocycles. The molecule has 35 heavy (non-hydrogen) atoms. The van der Waals surface area contributed by atoms with Crippen LogP contribution in [-0.2, 0) is 6.42 Å². The topological polar surface area (TPSA) is 72.2 Å². The number of fused-ring (bicyclic) bond motifs is 3. The van der Waals surface area contributed by atoms with Crippen LogP contribution in [0.25, 0.3) is 27.9 Å². The molecule has 3 heterocycles. The highest BCUT2D eigenvalue weighted by Gasteiger charge is 2.15. The Labute approximate surface area is 205 Å². The molecule has 1 N–H and O–H groups in total. The van der Waals surface area contributed by atoms with Crippen LogP contribution in [0.2, 0.25) is 0 Å². The van der Waals surface area contributed by atoms with E-state index in [0.29, 0.717) is 12.3 Å². The molecule has 0 spiro atoms. The SMILES string of the molecule is CC(C)CNc1nc2ccccc2n2c(-c3ccc(C(=O)CCCc4ccncc4)cc3)cnc12. The molecule has 2 aromatic carbocycles. The van der Waals surface area contributed by atoms with E-state index in [0.717, 1.165) is 58.7 Å². The van der Waals surface area contributed by atoms with Crippen LogP contribution < -0.4 is 5.32 Å². The third-order valence-electron chi connectivity index (χ3n) is 6.13. The Morgan fingerprint density at radius 3 is 2.54 bits per heavy atom. The quantitative estimate of drug-likeness (QED) is 0.263. The number of aryl methyl sites for hydroxylation is 1. The maximum Gasteiger partial charge on any atom is 0.181 e. The molecule has 0 fully saturated rings. The maximum absolute atomic E-state index is 12.7. The molecule has 0 aliphatic heterocycles. The first kappa shape index (κ1) is 22.7. The Bertz CT molecular complexity index is 1460. The van der Waals surface area contributed by atoms with E-state index in [9.17, 15) is 4.79 Å². The highest BCUT2D eigenvalue weighted by atomic mass is 16.1. The Morgan fingerprint density at radius 2 is 1.77 bits per heavy atom. The van der Waals surface area contributed by atoms with Gasteiger partial charge in [-0.1, -0.05) is 50.2 Å². The van der Waals surface area contributed by atoms with Crippen molar-refractivity contribution in [3.05, 3.63) is 90.4 Å². The summed E-state index contributed by atoms with van der Waals surface area (Å²) in [4.78, 5) is 26.3. The third-order valence-corrected chi connectivity index (χ3v) is 6.13. The molecule has 0 aliphatic rings. The Kier molecular flexibility index (Phi) is 6.53. The second kappa shape index (κ2) is 10.1. The number of Topliss-reactive ketones (excluding diaryl/α,β-unsaturated/α-hetero) is 1. The molecule has 176 valence electrons. The summed E-state index contributed by atoms with van der Waals surface area (Å²) in [7, 11) is 0. The van der Waals surface area contributed by atoms with Crippen LogP contribution in [0, 0.1) is 5.92 Å². The van der Waals surface area contributed by atoms with Gasteiger partial charge in [0, 0.05) is 36.5 Å². The lowest BCUT2D eigenvalue weighted by Crippen LogP contribution is -2.11. The predicted octanol–water partition coefficient (Wildman–Crippen LogP) is 6.22. The van der Waals surface area contributed by atoms with Crippen LogP contribution in [-0.4, -0.2) is 31.7 Å². The molecular formula is C29H29N5O. The van der Waals surface area contributed by atoms with E-state index in [1.165, 1.54) is 5.56 Å². The van der Waals surface area contributed by atoms with Gasteiger partial charge in [-0.15, -0.1) is 0 Å². The number of rotatable bonds is 9. The first-order valence-corrected chi connectivity index (χ1v) is 12.1. The zero-order valence-corrected chi connectivity index (χ0v) is 20.1. The van der Waals surface area contributed by atoms with Crippen LogP contribution in [0.4, 0.5) is 5.82 Å². The van der Waals surface area contributed by atoms with Crippen LogP contribution in [0.5, 0.6) is 0 Å². The van der Waals surface area contributed by atoms with E-state index < -0.39 is 0 Å². The van der Waals surface area contributed by atoms with E-state index in [1.807, 2.05) is 60.8 Å². The van der Waals surface area contributed by atoms with Crippen molar-refractivity contribution in [3.8, 4) is 11.3 Å². The van der Waals surface area contributed by atoms with Gasteiger partial charge in [0.15, 0.2) is 17.2 Å². The summed E-state index contributed by atoms with van der Waals surface area (Å²) in [5, 5.41) is 3.46. The van der Waals surface area contributed by atoms with Gasteiger partial charge in [-0.05, 0) is 48.6 Å². The number of imidazole rings is 1. The smallest absolute Gasteiger partial charge is 0.181 e. The molecule has 0 saturated heterocycles. The van der Waals surface area contributed by atoms with Crippen molar-refractivity contribution in [2.75, 3.05) is 11.9 Å². The number of carbonyl (C=O) groups excluding carboxylic acids is 1. The summed E-state index contributed by atoms with van der Waals surface area (Å²) in [6, 6.07) is 20.0. The zero-order chi connectivity index (χ0) is 24.2. The summed E-state index contributed by atoms with van der Waals surface area (Å²) < 4.78 is 2.15. The van der Waals surface area contributed by atoms with Gasteiger partial charge < -0.3 is 5.32 Å².